The summed E-state index contributed by atoms with van der Waals surface area (Å²) >= 11 is 0. The molecule has 0 aliphatic carbocycles. The number of nitrogens with zero attached hydrogens (tertiary/aromatic N) is 1. The van der Waals surface area contributed by atoms with Gasteiger partial charge in [0, 0.05) is 25.2 Å². The fraction of sp³-hybridized carbons (Fsp3) is 0.600. The second kappa shape index (κ2) is 4.36. The van der Waals surface area contributed by atoms with Gasteiger partial charge in [-0.25, -0.2) is 8.78 Å². The third kappa shape index (κ3) is 2.82. The lowest BCUT2D eigenvalue weighted by Crippen LogP contribution is -2.54. The monoisotopic (exact) mass is 268 g/mol. The molecule has 1 aliphatic rings. The van der Waals surface area contributed by atoms with Crippen molar-refractivity contribution < 1.29 is 8.78 Å². The smallest absolute Gasteiger partial charge is 0.161 e. The van der Waals surface area contributed by atoms with Gasteiger partial charge in [-0.3, -0.25) is 0 Å². The molecule has 106 valence electrons. The predicted molar refractivity (Wildman–Crippen MR) is 75.7 cm³/mol. The van der Waals surface area contributed by atoms with Crippen molar-refractivity contribution in [2.24, 2.45) is 5.41 Å². The third-order valence-corrected chi connectivity index (χ3v) is 3.40. The summed E-state index contributed by atoms with van der Waals surface area (Å²) in [4.78, 5) is 2.17. The zero-order valence-electron chi connectivity index (χ0n) is 12.3. The molecule has 0 unspecified atom stereocenters. The van der Waals surface area contributed by atoms with Gasteiger partial charge in [-0.05, 0) is 19.3 Å². The van der Waals surface area contributed by atoms with Crippen LogP contribution in [-0.2, 0) is 0 Å². The topological polar surface area (TPSA) is 15.3 Å². The molecule has 0 bridgehead atoms. The van der Waals surface area contributed by atoms with Crippen molar-refractivity contribution in [1.29, 1.82) is 0 Å². The minimum atomic E-state index is -0.804. The van der Waals surface area contributed by atoms with Crippen LogP contribution in [0, 0.1) is 17.0 Å². The van der Waals surface area contributed by atoms with E-state index in [2.05, 4.69) is 44.8 Å². The summed E-state index contributed by atoms with van der Waals surface area (Å²) in [7, 11) is 0. The first-order chi connectivity index (χ1) is 8.60. The highest BCUT2D eigenvalue weighted by Crippen LogP contribution is 2.39. The van der Waals surface area contributed by atoms with Crippen LogP contribution in [0.4, 0.5) is 20.2 Å². The van der Waals surface area contributed by atoms with Crippen molar-refractivity contribution >= 4 is 11.4 Å². The summed E-state index contributed by atoms with van der Waals surface area (Å²) < 4.78 is 26.9. The highest BCUT2D eigenvalue weighted by Gasteiger charge is 2.35. The third-order valence-electron chi connectivity index (χ3n) is 3.40. The molecule has 1 aliphatic heterocycles. The van der Waals surface area contributed by atoms with Crippen LogP contribution in [0.3, 0.4) is 0 Å². The molecule has 19 heavy (non-hydrogen) atoms. The SMILES string of the molecule is CC(C)(C)CN1c2cc(F)c(F)cc2NCC1(C)C. The zero-order chi connectivity index (χ0) is 14.4. The number of halogens is 2. The Morgan fingerprint density at radius 3 is 2.37 bits per heavy atom. The van der Waals surface area contributed by atoms with Crippen LogP contribution in [0.1, 0.15) is 34.6 Å². The van der Waals surface area contributed by atoms with E-state index in [9.17, 15) is 8.78 Å². The molecule has 1 aromatic carbocycles. The number of benzene rings is 1. The lowest BCUT2D eigenvalue weighted by Gasteiger charge is -2.48. The minimum Gasteiger partial charge on any atom is -0.381 e. The van der Waals surface area contributed by atoms with E-state index < -0.39 is 11.6 Å². The number of fused-ring (bicyclic) bond motifs is 1. The van der Waals surface area contributed by atoms with Crippen molar-refractivity contribution in [2.45, 2.75) is 40.2 Å². The van der Waals surface area contributed by atoms with Gasteiger partial charge in [-0.15, -0.1) is 0 Å². The Hall–Kier alpha value is -1.32. The van der Waals surface area contributed by atoms with Crippen LogP contribution >= 0.6 is 0 Å². The molecule has 0 amide bonds. The van der Waals surface area contributed by atoms with Gasteiger partial charge in [-0.1, -0.05) is 20.8 Å². The van der Waals surface area contributed by atoms with Gasteiger partial charge >= 0.3 is 0 Å². The van der Waals surface area contributed by atoms with Crippen LogP contribution in [-0.4, -0.2) is 18.6 Å². The Kier molecular flexibility index (Phi) is 3.23. The Morgan fingerprint density at radius 1 is 1.21 bits per heavy atom. The van der Waals surface area contributed by atoms with Crippen molar-refractivity contribution in [1.82, 2.24) is 0 Å². The van der Waals surface area contributed by atoms with Gasteiger partial charge < -0.3 is 10.2 Å². The fourth-order valence-electron chi connectivity index (χ4n) is 2.41. The first-order valence-electron chi connectivity index (χ1n) is 6.61. The van der Waals surface area contributed by atoms with Crippen molar-refractivity contribution in [3.63, 3.8) is 0 Å². The standard InChI is InChI=1S/C15H22F2N2/c1-14(2,3)9-19-13-7-11(17)10(16)6-12(13)18-8-15(19,4)5/h6-7,18H,8-9H2,1-5H3. The molecule has 1 aromatic rings. The minimum absolute atomic E-state index is 0.0801. The molecule has 4 heteroatoms. The van der Waals surface area contributed by atoms with Gasteiger partial charge in [0.1, 0.15) is 0 Å². The van der Waals surface area contributed by atoms with Gasteiger partial charge in [0.25, 0.3) is 0 Å². The molecule has 0 spiro atoms. The molecular weight excluding hydrogens is 246 g/mol. The van der Waals surface area contributed by atoms with E-state index in [1.54, 1.807) is 0 Å². The first-order valence-corrected chi connectivity index (χ1v) is 6.61. The van der Waals surface area contributed by atoms with Crippen LogP contribution in [0.25, 0.3) is 0 Å². The van der Waals surface area contributed by atoms with E-state index in [0.717, 1.165) is 12.2 Å². The summed E-state index contributed by atoms with van der Waals surface area (Å²) in [6, 6.07) is 2.54. The second-order valence-electron chi connectivity index (χ2n) is 7.10. The highest BCUT2D eigenvalue weighted by atomic mass is 19.2. The summed E-state index contributed by atoms with van der Waals surface area (Å²) in [6.45, 7) is 12.1. The van der Waals surface area contributed by atoms with Crippen LogP contribution in [0.15, 0.2) is 12.1 Å². The lowest BCUT2D eigenvalue weighted by molar-refractivity contribution is 0.353. The maximum Gasteiger partial charge on any atom is 0.161 e. The fourth-order valence-corrected chi connectivity index (χ4v) is 2.41. The Morgan fingerprint density at radius 2 is 1.79 bits per heavy atom. The van der Waals surface area contributed by atoms with E-state index in [4.69, 9.17) is 0 Å². The average molecular weight is 268 g/mol. The normalized spacial score (nSPS) is 17.9. The molecule has 0 fully saturated rings. The number of anilines is 2. The molecule has 0 radical (unpaired) electrons. The van der Waals surface area contributed by atoms with Gasteiger partial charge in [0.05, 0.1) is 16.9 Å². The van der Waals surface area contributed by atoms with Crippen LogP contribution in [0.2, 0.25) is 0 Å². The molecule has 2 nitrogen and oxygen atoms in total. The molecule has 0 saturated carbocycles. The maximum absolute atomic E-state index is 13.5. The largest absolute Gasteiger partial charge is 0.381 e. The van der Waals surface area contributed by atoms with Gasteiger partial charge in [0.2, 0.25) is 0 Å². The predicted octanol–water partition coefficient (Wildman–Crippen LogP) is 4.02. The Balaban J connectivity index is 2.48. The number of rotatable bonds is 1. The Bertz CT molecular complexity index is 490. The molecule has 0 atom stereocenters. The summed E-state index contributed by atoms with van der Waals surface area (Å²) in [5.74, 6) is -1.60. The van der Waals surface area contributed by atoms with E-state index in [-0.39, 0.29) is 11.0 Å². The van der Waals surface area contributed by atoms with Gasteiger partial charge in [0.15, 0.2) is 11.6 Å². The molecule has 0 aromatic heterocycles. The number of hydrogen-bond acceptors (Lipinski definition) is 2. The molecule has 0 saturated heterocycles. The molecule has 1 N–H and O–H groups in total. The van der Waals surface area contributed by atoms with E-state index >= 15 is 0 Å². The number of nitrogens with one attached hydrogen (secondary N) is 1. The van der Waals surface area contributed by atoms with Gasteiger partial charge in [-0.2, -0.15) is 0 Å². The summed E-state index contributed by atoms with van der Waals surface area (Å²) in [5, 5.41) is 3.19. The number of hydrogen-bond donors (Lipinski definition) is 1. The van der Waals surface area contributed by atoms with E-state index in [0.29, 0.717) is 12.2 Å². The second-order valence-corrected chi connectivity index (χ2v) is 7.10. The average Bonchev–Trinajstić information content (AvgIpc) is 2.24. The Labute approximate surface area is 113 Å². The first kappa shape index (κ1) is 14.1. The summed E-state index contributed by atoms with van der Waals surface area (Å²) in [5.41, 5.74) is 1.36. The molecule has 1 heterocycles. The van der Waals surface area contributed by atoms with Crippen molar-refractivity contribution in [3.8, 4) is 0 Å². The van der Waals surface area contributed by atoms with E-state index in [1.165, 1.54) is 12.1 Å². The van der Waals surface area contributed by atoms with Crippen molar-refractivity contribution in [2.75, 3.05) is 23.3 Å². The maximum atomic E-state index is 13.5. The lowest BCUT2D eigenvalue weighted by atomic mass is 9.90. The molecule has 2 rings (SSSR count). The summed E-state index contributed by atoms with van der Waals surface area (Å²) in [6.07, 6.45) is 0. The quantitative estimate of drug-likeness (QED) is 0.827. The highest BCUT2D eigenvalue weighted by molar-refractivity contribution is 5.74. The van der Waals surface area contributed by atoms with Crippen LogP contribution < -0.4 is 10.2 Å². The zero-order valence-corrected chi connectivity index (χ0v) is 12.3. The van der Waals surface area contributed by atoms with Crippen LogP contribution in [0.5, 0.6) is 0 Å². The molecular formula is C15H22F2N2. The van der Waals surface area contributed by atoms with E-state index in [1.807, 2.05) is 0 Å². The van der Waals surface area contributed by atoms with Crippen molar-refractivity contribution in [3.05, 3.63) is 23.8 Å².